The van der Waals surface area contributed by atoms with Gasteiger partial charge in [-0.3, -0.25) is 4.79 Å². The van der Waals surface area contributed by atoms with Gasteiger partial charge in [0, 0.05) is 19.3 Å². The van der Waals surface area contributed by atoms with Crippen LogP contribution in [0.25, 0.3) is 0 Å². The minimum Gasteiger partial charge on any atom is -0.478 e. The molecule has 0 saturated carbocycles. The first kappa shape index (κ1) is 10.4. The summed E-state index contributed by atoms with van der Waals surface area (Å²) in [6.07, 6.45) is 1.52. The van der Waals surface area contributed by atoms with E-state index in [0.717, 1.165) is 0 Å². The Balaban J connectivity index is 2.32. The lowest BCUT2D eigenvalue weighted by atomic mass is 10.2. The van der Waals surface area contributed by atoms with Crippen LogP contribution in [0.2, 0.25) is 0 Å². The number of hydrogen-bond acceptors (Lipinski definition) is 4. The quantitative estimate of drug-likeness (QED) is 0.717. The van der Waals surface area contributed by atoms with Crippen LogP contribution >= 0.6 is 0 Å². The Morgan fingerprint density at radius 1 is 1.56 bits per heavy atom. The minimum atomic E-state index is -1.03. The summed E-state index contributed by atoms with van der Waals surface area (Å²) < 4.78 is 0. The lowest BCUT2D eigenvalue weighted by Crippen LogP contribution is -2.48. The molecular weight excluding hydrogens is 210 g/mol. The topological polar surface area (TPSA) is 82.5 Å². The van der Waals surface area contributed by atoms with Crippen molar-refractivity contribution in [2.45, 2.75) is 0 Å². The number of amides is 1. The molecule has 1 aromatic heterocycles. The van der Waals surface area contributed by atoms with E-state index < -0.39 is 5.97 Å². The molecule has 1 aliphatic heterocycles. The lowest BCUT2D eigenvalue weighted by Gasteiger charge is -2.28. The van der Waals surface area contributed by atoms with Crippen LogP contribution in [0.1, 0.15) is 10.4 Å². The zero-order valence-electron chi connectivity index (χ0n) is 8.51. The van der Waals surface area contributed by atoms with Crippen molar-refractivity contribution in [3.8, 4) is 0 Å². The predicted octanol–water partition coefficient (Wildman–Crippen LogP) is -0.284. The number of hydrogen-bond donors (Lipinski definition) is 2. The van der Waals surface area contributed by atoms with Crippen molar-refractivity contribution < 1.29 is 14.7 Å². The number of carboxylic acids is 1. The molecule has 2 rings (SSSR count). The number of nitrogens with one attached hydrogen (secondary N) is 1. The van der Waals surface area contributed by atoms with Gasteiger partial charge in [-0.05, 0) is 12.1 Å². The summed E-state index contributed by atoms with van der Waals surface area (Å²) in [5, 5.41) is 11.7. The Labute approximate surface area is 91.9 Å². The first-order valence-corrected chi connectivity index (χ1v) is 4.88. The van der Waals surface area contributed by atoms with Crippen molar-refractivity contribution >= 4 is 17.7 Å². The molecule has 6 nitrogen and oxygen atoms in total. The fraction of sp³-hybridized carbons (Fsp3) is 0.300. The van der Waals surface area contributed by atoms with E-state index in [-0.39, 0.29) is 18.0 Å². The molecule has 0 spiro atoms. The monoisotopic (exact) mass is 221 g/mol. The summed E-state index contributed by atoms with van der Waals surface area (Å²) in [5.41, 5.74) is 0.122. The zero-order valence-corrected chi connectivity index (χ0v) is 8.51. The number of pyridine rings is 1. The molecule has 0 radical (unpaired) electrons. The summed E-state index contributed by atoms with van der Waals surface area (Å²) in [6.45, 7) is 1.23. The molecule has 84 valence electrons. The van der Waals surface area contributed by atoms with Gasteiger partial charge in [-0.15, -0.1) is 0 Å². The van der Waals surface area contributed by atoms with Crippen LogP contribution in [0.15, 0.2) is 18.3 Å². The SMILES string of the molecule is O=C1CN(c2ncccc2C(=O)O)CCN1. The van der Waals surface area contributed by atoms with Crippen LogP contribution < -0.4 is 10.2 Å². The second kappa shape index (κ2) is 4.18. The van der Waals surface area contributed by atoms with Crippen LogP contribution in [0.4, 0.5) is 5.82 Å². The normalized spacial score (nSPS) is 15.8. The summed E-state index contributed by atoms with van der Waals surface area (Å²) in [5.74, 6) is -0.799. The molecule has 2 heterocycles. The summed E-state index contributed by atoms with van der Waals surface area (Å²) in [6, 6.07) is 3.05. The highest BCUT2D eigenvalue weighted by Crippen LogP contribution is 2.17. The Bertz CT molecular complexity index is 433. The maximum absolute atomic E-state index is 11.2. The van der Waals surface area contributed by atoms with E-state index in [1.165, 1.54) is 12.3 Å². The Morgan fingerprint density at radius 3 is 3.06 bits per heavy atom. The molecule has 0 aromatic carbocycles. The van der Waals surface area contributed by atoms with Crippen molar-refractivity contribution in [1.29, 1.82) is 0 Å². The van der Waals surface area contributed by atoms with Gasteiger partial charge in [0.15, 0.2) is 0 Å². The Hall–Kier alpha value is -2.11. The van der Waals surface area contributed by atoms with Gasteiger partial charge < -0.3 is 15.3 Å². The average molecular weight is 221 g/mol. The highest BCUT2D eigenvalue weighted by atomic mass is 16.4. The van der Waals surface area contributed by atoms with Crippen LogP contribution in [-0.2, 0) is 4.79 Å². The third-order valence-electron chi connectivity index (χ3n) is 2.35. The van der Waals surface area contributed by atoms with Crippen LogP contribution in [0, 0.1) is 0 Å². The van der Waals surface area contributed by atoms with Gasteiger partial charge >= 0.3 is 5.97 Å². The molecular formula is C10H11N3O3. The molecule has 1 fully saturated rings. The second-order valence-electron chi connectivity index (χ2n) is 3.45. The number of anilines is 1. The third-order valence-corrected chi connectivity index (χ3v) is 2.35. The Morgan fingerprint density at radius 2 is 2.38 bits per heavy atom. The summed E-state index contributed by atoms with van der Waals surface area (Å²) in [4.78, 5) is 27.9. The molecule has 16 heavy (non-hydrogen) atoms. The maximum Gasteiger partial charge on any atom is 0.339 e. The molecule has 1 aliphatic rings. The number of aromatic nitrogens is 1. The molecule has 0 aliphatic carbocycles. The van der Waals surface area contributed by atoms with Gasteiger partial charge in [0.1, 0.15) is 11.4 Å². The lowest BCUT2D eigenvalue weighted by molar-refractivity contribution is -0.120. The minimum absolute atomic E-state index is 0.117. The zero-order chi connectivity index (χ0) is 11.5. The van der Waals surface area contributed by atoms with E-state index in [1.807, 2.05) is 0 Å². The molecule has 1 amide bonds. The fourth-order valence-corrected chi connectivity index (χ4v) is 1.64. The van der Waals surface area contributed by atoms with Gasteiger partial charge in [0.2, 0.25) is 5.91 Å². The van der Waals surface area contributed by atoms with Gasteiger partial charge in [0.05, 0.1) is 6.54 Å². The van der Waals surface area contributed by atoms with Crippen LogP contribution in [0.5, 0.6) is 0 Å². The van der Waals surface area contributed by atoms with Crippen molar-refractivity contribution in [3.63, 3.8) is 0 Å². The van der Waals surface area contributed by atoms with Gasteiger partial charge in [-0.25, -0.2) is 9.78 Å². The molecule has 0 bridgehead atoms. The molecule has 1 aromatic rings. The largest absolute Gasteiger partial charge is 0.478 e. The molecule has 2 N–H and O–H groups in total. The maximum atomic E-state index is 11.2. The van der Waals surface area contributed by atoms with E-state index in [4.69, 9.17) is 5.11 Å². The number of carbonyl (C=O) groups excluding carboxylic acids is 1. The smallest absolute Gasteiger partial charge is 0.339 e. The number of aromatic carboxylic acids is 1. The number of piperazine rings is 1. The standard InChI is InChI=1S/C10H11N3O3/c14-8-6-13(5-4-11-8)9-7(10(15)16)2-1-3-12-9/h1-3H,4-6H2,(H,11,14)(H,15,16). The van der Waals surface area contributed by atoms with E-state index in [9.17, 15) is 9.59 Å². The number of nitrogens with zero attached hydrogens (tertiary/aromatic N) is 2. The average Bonchev–Trinajstić information content (AvgIpc) is 2.29. The van der Waals surface area contributed by atoms with Gasteiger partial charge in [-0.2, -0.15) is 0 Å². The second-order valence-corrected chi connectivity index (χ2v) is 3.45. The van der Waals surface area contributed by atoms with Crippen molar-refractivity contribution in [2.75, 3.05) is 24.5 Å². The van der Waals surface area contributed by atoms with E-state index in [2.05, 4.69) is 10.3 Å². The molecule has 6 heteroatoms. The third kappa shape index (κ3) is 1.95. The first-order valence-electron chi connectivity index (χ1n) is 4.88. The van der Waals surface area contributed by atoms with Gasteiger partial charge in [0.25, 0.3) is 0 Å². The van der Waals surface area contributed by atoms with Crippen LogP contribution in [0.3, 0.4) is 0 Å². The summed E-state index contributed by atoms with van der Waals surface area (Å²) >= 11 is 0. The highest BCUT2D eigenvalue weighted by Gasteiger charge is 2.22. The van der Waals surface area contributed by atoms with Crippen molar-refractivity contribution in [1.82, 2.24) is 10.3 Å². The van der Waals surface area contributed by atoms with Crippen molar-refractivity contribution in [3.05, 3.63) is 23.9 Å². The number of carbonyl (C=O) groups is 2. The number of carboxylic acid groups (broad SMARTS) is 1. The molecule has 0 atom stereocenters. The summed E-state index contributed by atoms with van der Waals surface area (Å²) in [7, 11) is 0. The Kier molecular flexibility index (Phi) is 2.72. The number of rotatable bonds is 2. The molecule has 1 saturated heterocycles. The van der Waals surface area contributed by atoms with E-state index >= 15 is 0 Å². The van der Waals surface area contributed by atoms with E-state index in [0.29, 0.717) is 18.9 Å². The predicted molar refractivity (Wildman–Crippen MR) is 56.4 cm³/mol. The van der Waals surface area contributed by atoms with Gasteiger partial charge in [-0.1, -0.05) is 0 Å². The fourth-order valence-electron chi connectivity index (χ4n) is 1.64. The molecule has 0 unspecified atom stereocenters. The van der Waals surface area contributed by atoms with E-state index in [1.54, 1.807) is 11.0 Å². The highest BCUT2D eigenvalue weighted by molar-refractivity contribution is 5.94. The first-order chi connectivity index (χ1) is 7.68. The van der Waals surface area contributed by atoms with Crippen molar-refractivity contribution in [2.24, 2.45) is 0 Å². The van der Waals surface area contributed by atoms with Crippen LogP contribution in [-0.4, -0.2) is 41.6 Å².